The van der Waals surface area contributed by atoms with Crippen molar-refractivity contribution in [1.29, 1.82) is 0 Å². The van der Waals surface area contributed by atoms with Gasteiger partial charge in [-0.15, -0.1) is 11.3 Å². The molecule has 66 valence electrons. The molecule has 0 aromatic carbocycles. The van der Waals surface area contributed by atoms with Gasteiger partial charge in [-0.3, -0.25) is 0 Å². The smallest absolute Gasteiger partial charge is 0.183 e. The monoisotopic (exact) mass is 246 g/mol. The van der Waals surface area contributed by atoms with Gasteiger partial charge in [0.25, 0.3) is 0 Å². The summed E-state index contributed by atoms with van der Waals surface area (Å²) < 4.78 is 0.932. The summed E-state index contributed by atoms with van der Waals surface area (Å²) >= 11 is 4.98. The molecule has 1 heterocycles. The molecular formula is C8H11BrN2S. The zero-order chi connectivity index (χ0) is 8.39. The minimum Gasteiger partial charge on any atom is -0.361 e. The van der Waals surface area contributed by atoms with Crippen molar-refractivity contribution in [3.05, 3.63) is 9.98 Å². The third-order valence-corrected chi connectivity index (χ3v) is 3.51. The predicted molar refractivity (Wildman–Crippen MR) is 55.6 cm³/mol. The topological polar surface area (TPSA) is 24.9 Å². The molecule has 2 rings (SSSR count). The lowest BCUT2D eigenvalue weighted by atomic mass is 10.3. The second-order valence-electron chi connectivity index (χ2n) is 3.13. The Bertz CT molecular complexity index is 257. The quantitative estimate of drug-likeness (QED) is 0.884. The van der Waals surface area contributed by atoms with Crippen LogP contribution in [0, 0.1) is 5.92 Å². The number of rotatable bonds is 4. The third kappa shape index (κ3) is 2.45. The molecule has 0 saturated heterocycles. The molecule has 2 nitrogen and oxygen atoms in total. The standard InChI is InChI=1S/C8H11BrN2S/c9-7-5-12-8(11-7)10-4-3-6-1-2-6/h5-6H,1-4H2,(H,10,11). The van der Waals surface area contributed by atoms with Crippen LogP contribution < -0.4 is 5.32 Å². The summed E-state index contributed by atoms with van der Waals surface area (Å²) in [5.74, 6) is 1.00. The molecule has 1 aromatic heterocycles. The highest BCUT2D eigenvalue weighted by molar-refractivity contribution is 9.10. The van der Waals surface area contributed by atoms with Crippen LogP contribution in [-0.4, -0.2) is 11.5 Å². The number of anilines is 1. The summed E-state index contributed by atoms with van der Waals surface area (Å²) in [7, 11) is 0. The SMILES string of the molecule is Brc1csc(NCCC2CC2)n1. The Balaban J connectivity index is 1.71. The van der Waals surface area contributed by atoms with E-state index in [-0.39, 0.29) is 0 Å². The van der Waals surface area contributed by atoms with E-state index in [9.17, 15) is 0 Å². The van der Waals surface area contributed by atoms with Gasteiger partial charge in [-0.05, 0) is 28.3 Å². The molecule has 0 radical (unpaired) electrons. The van der Waals surface area contributed by atoms with E-state index < -0.39 is 0 Å². The lowest BCUT2D eigenvalue weighted by Crippen LogP contribution is -2.01. The molecule has 1 fully saturated rings. The first-order valence-electron chi connectivity index (χ1n) is 4.19. The van der Waals surface area contributed by atoms with Crippen molar-refractivity contribution in [2.75, 3.05) is 11.9 Å². The number of nitrogens with zero attached hydrogens (tertiary/aromatic N) is 1. The van der Waals surface area contributed by atoms with Crippen LogP contribution in [0.5, 0.6) is 0 Å². The van der Waals surface area contributed by atoms with Crippen LogP contribution in [0.15, 0.2) is 9.98 Å². The Hall–Kier alpha value is -0.0900. The van der Waals surface area contributed by atoms with E-state index in [1.807, 2.05) is 5.38 Å². The summed E-state index contributed by atoms with van der Waals surface area (Å²) in [6.07, 6.45) is 4.17. The van der Waals surface area contributed by atoms with Gasteiger partial charge in [0.2, 0.25) is 0 Å². The van der Waals surface area contributed by atoms with Crippen molar-refractivity contribution in [1.82, 2.24) is 4.98 Å². The lowest BCUT2D eigenvalue weighted by molar-refractivity contribution is 0.760. The van der Waals surface area contributed by atoms with Crippen molar-refractivity contribution in [2.45, 2.75) is 19.3 Å². The average molecular weight is 247 g/mol. The van der Waals surface area contributed by atoms with Gasteiger partial charge in [0, 0.05) is 11.9 Å². The molecule has 0 unspecified atom stereocenters. The van der Waals surface area contributed by atoms with Gasteiger partial charge >= 0.3 is 0 Å². The number of halogens is 1. The fourth-order valence-corrected chi connectivity index (χ4v) is 2.30. The minimum absolute atomic E-state index is 0.932. The van der Waals surface area contributed by atoms with E-state index in [1.54, 1.807) is 11.3 Å². The highest BCUT2D eigenvalue weighted by Crippen LogP contribution is 2.32. The molecule has 0 bridgehead atoms. The van der Waals surface area contributed by atoms with Crippen LogP contribution in [0.2, 0.25) is 0 Å². The van der Waals surface area contributed by atoms with Crippen LogP contribution in [-0.2, 0) is 0 Å². The van der Waals surface area contributed by atoms with E-state index in [4.69, 9.17) is 0 Å². The Kier molecular flexibility index (Phi) is 2.66. The summed E-state index contributed by atoms with van der Waals surface area (Å²) in [5.41, 5.74) is 0. The fourth-order valence-electron chi connectivity index (χ4n) is 1.13. The number of thiazole rings is 1. The zero-order valence-electron chi connectivity index (χ0n) is 6.72. The molecule has 1 aliphatic rings. The van der Waals surface area contributed by atoms with Gasteiger partial charge in [0.1, 0.15) is 4.60 Å². The first-order valence-corrected chi connectivity index (χ1v) is 5.87. The van der Waals surface area contributed by atoms with Gasteiger partial charge in [-0.25, -0.2) is 4.98 Å². The van der Waals surface area contributed by atoms with Gasteiger partial charge in [0.05, 0.1) is 0 Å². The molecule has 0 aliphatic heterocycles. The molecule has 12 heavy (non-hydrogen) atoms. The molecule has 1 aliphatic carbocycles. The second kappa shape index (κ2) is 3.75. The van der Waals surface area contributed by atoms with Crippen LogP contribution in [0.1, 0.15) is 19.3 Å². The maximum Gasteiger partial charge on any atom is 0.183 e. The van der Waals surface area contributed by atoms with Crippen LogP contribution in [0.3, 0.4) is 0 Å². The Morgan fingerprint density at radius 1 is 1.67 bits per heavy atom. The molecule has 1 aromatic rings. The molecule has 0 atom stereocenters. The van der Waals surface area contributed by atoms with Gasteiger partial charge in [0.15, 0.2) is 5.13 Å². The predicted octanol–water partition coefficient (Wildman–Crippen LogP) is 3.12. The van der Waals surface area contributed by atoms with Crippen molar-refractivity contribution >= 4 is 32.4 Å². The third-order valence-electron chi connectivity index (χ3n) is 2.00. The van der Waals surface area contributed by atoms with Crippen LogP contribution >= 0.6 is 27.3 Å². The van der Waals surface area contributed by atoms with Gasteiger partial charge in [-0.2, -0.15) is 0 Å². The second-order valence-corrected chi connectivity index (χ2v) is 4.80. The number of hydrogen-bond donors (Lipinski definition) is 1. The lowest BCUT2D eigenvalue weighted by Gasteiger charge is -1.99. The first-order chi connectivity index (χ1) is 5.84. The van der Waals surface area contributed by atoms with Gasteiger partial charge in [-0.1, -0.05) is 12.8 Å². The summed E-state index contributed by atoms with van der Waals surface area (Å²) in [6, 6.07) is 0. The Morgan fingerprint density at radius 3 is 3.08 bits per heavy atom. The zero-order valence-corrected chi connectivity index (χ0v) is 9.12. The molecule has 1 N–H and O–H groups in total. The summed E-state index contributed by atoms with van der Waals surface area (Å²) in [6.45, 7) is 1.07. The highest BCUT2D eigenvalue weighted by Gasteiger charge is 2.20. The van der Waals surface area contributed by atoms with Crippen LogP contribution in [0.4, 0.5) is 5.13 Å². The van der Waals surface area contributed by atoms with Crippen molar-refractivity contribution in [2.24, 2.45) is 5.92 Å². The van der Waals surface area contributed by atoms with Crippen molar-refractivity contribution in [3.63, 3.8) is 0 Å². The van der Waals surface area contributed by atoms with E-state index in [1.165, 1.54) is 19.3 Å². The van der Waals surface area contributed by atoms with E-state index in [0.29, 0.717) is 0 Å². The van der Waals surface area contributed by atoms with E-state index in [2.05, 4.69) is 26.2 Å². The fraction of sp³-hybridized carbons (Fsp3) is 0.625. The van der Waals surface area contributed by atoms with E-state index in [0.717, 1.165) is 22.2 Å². The summed E-state index contributed by atoms with van der Waals surface area (Å²) in [4.78, 5) is 4.25. The number of nitrogens with one attached hydrogen (secondary N) is 1. The number of hydrogen-bond acceptors (Lipinski definition) is 3. The molecule has 0 amide bonds. The Labute approximate surface area is 84.5 Å². The average Bonchev–Trinajstić information content (AvgIpc) is 2.76. The maximum atomic E-state index is 4.25. The highest BCUT2D eigenvalue weighted by atomic mass is 79.9. The maximum absolute atomic E-state index is 4.25. The first kappa shape index (κ1) is 8.51. The van der Waals surface area contributed by atoms with Crippen molar-refractivity contribution in [3.8, 4) is 0 Å². The molecular weight excluding hydrogens is 236 g/mol. The Morgan fingerprint density at radius 2 is 2.50 bits per heavy atom. The van der Waals surface area contributed by atoms with E-state index >= 15 is 0 Å². The molecule has 0 spiro atoms. The minimum atomic E-state index is 0.932. The number of aromatic nitrogens is 1. The van der Waals surface area contributed by atoms with Gasteiger partial charge < -0.3 is 5.32 Å². The molecule has 1 saturated carbocycles. The largest absolute Gasteiger partial charge is 0.361 e. The van der Waals surface area contributed by atoms with Crippen molar-refractivity contribution < 1.29 is 0 Å². The normalized spacial score (nSPS) is 16.4. The molecule has 4 heteroatoms. The van der Waals surface area contributed by atoms with Crippen LogP contribution in [0.25, 0.3) is 0 Å². The summed E-state index contributed by atoms with van der Waals surface area (Å²) in [5, 5.41) is 6.34.